The van der Waals surface area contributed by atoms with E-state index in [2.05, 4.69) is 39.8 Å². The van der Waals surface area contributed by atoms with Crippen molar-refractivity contribution >= 4 is 5.78 Å². The Kier molecular flexibility index (Phi) is 5.54. The topological polar surface area (TPSA) is 17.1 Å². The highest BCUT2D eigenvalue weighted by Gasteiger charge is 2.20. The summed E-state index contributed by atoms with van der Waals surface area (Å²) >= 11 is 0. The fraction of sp³-hybridized carbons (Fsp3) is 0.381. The van der Waals surface area contributed by atoms with Gasteiger partial charge in [-0.25, -0.2) is 0 Å². The van der Waals surface area contributed by atoms with Crippen molar-refractivity contribution in [3.8, 4) is 0 Å². The fourth-order valence-electron chi connectivity index (χ4n) is 2.85. The van der Waals surface area contributed by atoms with Gasteiger partial charge in [-0.2, -0.15) is 0 Å². The smallest absolute Gasteiger partial charge is 0.193 e. The molecule has 1 heteroatoms. The fourth-order valence-corrected chi connectivity index (χ4v) is 2.85. The van der Waals surface area contributed by atoms with E-state index in [0.29, 0.717) is 11.8 Å². The van der Waals surface area contributed by atoms with Crippen LogP contribution in [-0.2, 0) is 0 Å². The van der Waals surface area contributed by atoms with Crippen LogP contribution in [0.4, 0.5) is 0 Å². The number of hydrogen-bond acceptors (Lipinski definition) is 1. The summed E-state index contributed by atoms with van der Waals surface area (Å²) < 4.78 is 0. The van der Waals surface area contributed by atoms with E-state index < -0.39 is 0 Å². The maximum Gasteiger partial charge on any atom is 0.193 e. The van der Waals surface area contributed by atoms with E-state index in [1.807, 2.05) is 36.4 Å². The average molecular weight is 294 g/mol. The molecule has 2 aromatic rings. The largest absolute Gasteiger partial charge is 0.289 e. The van der Waals surface area contributed by atoms with Crippen molar-refractivity contribution in [3.05, 3.63) is 70.8 Å². The molecule has 1 nitrogen and oxygen atoms in total. The molecular formula is C21H26O. The standard InChI is InChI=1S/C21H26O/c1-5-15(3)17-11-7-9-13-19(17)21(22)20-14-10-8-12-18(20)16(4)6-2/h7-16H,5-6H2,1-4H3/t15-,16-/m1/s1. The molecule has 0 bridgehead atoms. The molecule has 0 radical (unpaired) electrons. The molecule has 0 aliphatic carbocycles. The second-order valence-corrected chi connectivity index (χ2v) is 6.12. The third-order valence-corrected chi connectivity index (χ3v) is 4.70. The van der Waals surface area contributed by atoms with Crippen molar-refractivity contribution in [1.82, 2.24) is 0 Å². The molecule has 116 valence electrons. The first-order valence-electron chi connectivity index (χ1n) is 8.32. The van der Waals surface area contributed by atoms with Gasteiger partial charge in [-0.1, -0.05) is 76.2 Å². The van der Waals surface area contributed by atoms with E-state index in [4.69, 9.17) is 0 Å². The summed E-state index contributed by atoms with van der Waals surface area (Å²) in [7, 11) is 0. The Morgan fingerprint density at radius 3 is 1.50 bits per heavy atom. The van der Waals surface area contributed by atoms with Gasteiger partial charge in [0.05, 0.1) is 0 Å². The average Bonchev–Trinajstić information content (AvgIpc) is 2.59. The van der Waals surface area contributed by atoms with E-state index in [1.165, 1.54) is 0 Å². The van der Waals surface area contributed by atoms with E-state index in [1.54, 1.807) is 0 Å². The van der Waals surface area contributed by atoms with Crippen LogP contribution >= 0.6 is 0 Å². The lowest BCUT2D eigenvalue weighted by atomic mass is 9.86. The summed E-state index contributed by atoms with van der Waals surface area (Å²) in [4.78, 5) is 13.1. The Morgan fingerprint density at radius 2 is 1.14 bits per heavy atom. The van der Waals surface area contributed by atoms with E-state index in [0.717, 1.165) is 35.1 Å². The van der Waals surface area contributed by atoms with Crippen LogP contribution in [0.25, 0.3) is 0 Å². The van der Waals surface area contributed by atoms with Gasteiger partial charge < -0.3 is 0 Å². The summed E-state index contributed by atoms with van der Waals surface area (Å²) in [5.74, 6) is 0.957. The molecule has 0 aliphatic heterocycles. The lowest BCUT2D eigenvalue weighted by Gasteiger charge is -2.17. The SMILES string of the molecule is CC[C@@H](C)c1ccccc1C(=O)c1ccccc1[C@H](C)CC. The minimum atomic E-state index is 0.159. The van der Waals surface area contributed by atoms with Gasteiger partial charge in [0.25, 0.3) is 0 Å². The summed E-state index contributed by atoms with van der Waals surface area (Å²) in [6.45, 7) is 8.71. The van der Waals surface area contributed by atoms with Crippen molar-refractivity contribution in [1.29, 1.82) is 0 Å². The van der Waals surface area contributed by atoms with Crippen molar-refractivity contribution in [2.75, 3.05) is 0 Å². The van der Waals surface area contributed by atoms with Crippen LogP contribution in [0.5, 0.6) is 0 Å². The van der Waals surface area contributed by atoms with E-state index in [9.17, 15) is 4.79 Å². The van der Waals surface area contributed by atoms with Gasteiger partial charge in [0.15, 0.2) is 5.78 Å². The van der Waals surface area contributed by atoms with Crippen LogP contribution in [0, 0.1) is 0 Å². The second-order valence-electron chi connectivity index (χ2n) is 6.12. The molecule has 2 rings (SSSR count). The first kappa shape index (κ1) is 16.5. The molecule has 22 heavy (non-hydrogen) atoms. The van der Waals surface area contributed by atoms with Crippen LogP contribution in [0.15, 0.2) is 48.5 Å². The van der Waals surface area contributed by atoms with Gasteiger partial charge >= 0.3 is 0 Å². The highest BCUT2D eigenvalue weighted by molar-refractivity contribution is 6.11. The minimum Gasteiger partial charge on any atom is -0.289 e. The molecule has 0 aromatic heterocycles. The number of ketones is 1. The number of benzene rings is 2. The van der Waals surface area contributed by atoms with Crippen molar-refractivity contribution < 1.29 is 4.79 Å². The molecule has 2 aromatic carbocycles. The normalized spacial score (nSPS) is 13.6. The molecular weight excluding hydrogens is 268 g/mol. The zero-order chi connectivity index (χ0) is 16.1. The van der Waals surface area contributed by atoms with Gasteiger partial charge in [0, 0.05) is 11.1 Å². The Balaban J connectivity index is 2.50. The Morgan fingerprint density at radius 1 is 0.773 bits per heavy atom. The quantitative estimate of drug-likeness (QED) is 0.602. The lowest BCUT2D eigenvalue weighted by molar-refractivity contribution is 0.103. The summed E-state index contributed by atoms with van der Waals surface area (Å²) in [5.41, 5.74) is 4.03. The summed E-state index contributed by atoms with van der Waals surface area (Å²) in [6.07, 6.45) is 2.08. The van der Waals surface area contributed by atoms with Crippen LogP contribution in [0.1, 0.15) is 79.4 Å². The van der Waals surface area contributed by atoms with Gasteiger partial charge in [-0.05, 0) is 35.8 Å². The molecule has 0 aliphatic rings. The first-order valence-corrected chi connectivity index (χ1v) is 8.32. The van der Waals surface area contributed by atoms with E-state index in [-0.39, 0.29) is 5.78 Å². The molecule has 0 fully saturated rings. The molecule has 0 N–H and O–H groups in total. The van der Waals surface area contributed by atoms with Crippen LogP contribution in [-0.4, -0.2) is 5.78 Å². The van der Waals surface area contributed by atoms with Gasteiger partial charge in [-0.15, -0.1) is 0 Å². The van der Waals surface area contributed by atoms with E-state index >= 15 is 0 Å². The highest BCUT2D eigenvalue weighted by Crippen LogP contribution is 2.28. The number of carbonyl (C=O) groups excluding carboxylic acids is 1. The number of rotatable bonds is 6. The first-order chi connectivity index (χ1) is 10.6. The Bertz CT molecular complexity index is 586. The molecule has 0 heterocycles. The van der Waals surface area contributed by atoms with Gasteiger partial charge in [0.1, 0.15) is 0 Å². The zero-order valence-electron chi connectivity index (χ0n) is 14.1. The Hall–Kier alpha value is -1.89. The Labute approximate surface area is 134 Å². The van der Waals surface area contributed by atoms with Crippen LogP contribution in [0.3, 0.4) is 0 Å². The molecule has 0 saturated carbocycles. The molecule has 0 amide bonds. The molecule has 0 saturated heterocycles. The second kappa shape index (κ2) is 7.40. The maximum absolute atomic E-state index is 13.1. The third-order valence-electron chi connectivity index (χ3n) is 4.70. The van der Waals surface area contributed by atoms with Crippen molar-refractivity contribution in [3.63, 3.8) is 0 Å². The number of hydrogen-bond donors (Lipinski definition) is 0. The van der Waals surface area contributed by atoms with Crippen molar-refractivity contribution in [2.24, 2.45) is 0 Å². The molecule has 2 atom stereocenters. The van der Waals surface area contributed by atoms with Gasteiger partial charge in [0.2, 0.25) is 0 Å². The van der Waals surface area contributed by atoms with Crippen molar-refractivity contribution in [2.45, 2.75) is 52.4 Å². The predicted octanol–water partition coefficient (Wildman–Crippen LogP) is 5.94. The highest BCUT2D eigenvalue weighted by atomic mass is 16.1. The van der Waals surface area contributed by atoms with Crippen LogP contribution < -0.4 is 0 Å². The molecule has 0 unspecified atom stereocenters. The minimum absolute atomic E-state index is 0.159. The molecule has 0 spiro atoms. The maximum atomic E-state index is 13.1. The summed E-state index contributed by atoms with van der Waals surface area (Å²) in [6, 6.07) is 16.1. The van der Waals surface area contributed by atoms with Crippen LogP contribution in [0.2, 0.25) is 0 Å². The predicted molar refractivity (Wildman–Crippen MR) is 93.7 cm³/mol. The summed E-state index contributed by atoms with van der Waals surface area (Å²) in [5, 5.41) is 0. The third kappa shape index (κ3) is 3.30. The number of carbonyl (C=O) groups is 1. The van der Waals surface area contributed by atoms with Gasteiger partial charge in [-0.3, -0.25) is 4.79 Å². The lowest BCUT2D eigenvalue weighted by Crippen LogP contribution is -2.11. The monoisotopic (exact) mass is 294 g/mol. The zero-order valence-corrected chi connectivity index (χ0v) is 14.1.